The topological polar surface area (TPSA) is 62.5 Å². The first-order chi connectivity index (χ1) is 10.8. The maximum Gasteiger partial charge on any atom is 0.338 e. The minimum Gasteiger partial charge on any atom is -0.350 e. The van der Waals surface area contributed by atoms with E-state index in [-0.39, 0.29) is 0 Å². The van der Waals surface area contributed by atoms with E-state index in [1.165, 1.54) is 5.57 Å². The number of amides is 2. The Labute approximate surface area is 129 Å². The van der Waals surface area contributed by atoms with Crippen LogP contribution in [0.25, 0.3) is 10.9 Å². The molecule has 5 nitrogen and oxygen atoms in total. The fourth-order valence-corrected chi connectivity index (χ4v) is 3.36. The van der Waals surface area contributed by atoms with E-state index in [0.717, 1.165) is 41.5 Å². The molecule has 0 bridgehead atoms. The number of pyridine rings is 1. The summed E-state index contributed by atoms with van der Waals surface area (Å²) in [5, 5.41) is 4.65. The highest BCUT2D eigenvalue weighted by Crippen LogP contribution is 2.38. The summed E-state index contributed by atoms with van der Waals surface area (Å²) in [6, 6.07) is 9.52. The quantitative estimate of drug-likeness (QED) is 0.879. The van der Waals surface area contributed by atoms with Gasteiger partial charge in [-0.3, -0.25) is 9.99 Å². The zero-order valence-electron chi connectivity index (χ0n) is 12.2. The lowest BCUT2D eigenvalue weighted by molar-refractivity contribution is 0.219. The molecule has 0 spiro atoms. The first kappa shape index (κ1) is 13.1. The fraction of sp³-hybridized carbons (Fsp3) is 0.235. The minimum absolute atomic E-state index is 0.431. The van der Waals surface area contributed by atoms with Crippen LogP contribution in [-0.2, 0) is 0 Å². The van der Waals surface area contributed by atoms with Crippen LogP contribution in [-0.4, -0.2) is 22.6 Å². The van der Waals surface area contributed by atoms with Gasteiger partial charge in [-0.15, -0.1) is 0 Å². The number of hydrogen-bond acceptors (Lipinski definition) is 3. The van der Waals surface area contributed by atoms with Crippen LogP contribution in [0.4, 0.5) is 10.5 Å². The van der Waals surface area contributed by atoms with Crippen LogP contribution in [0, 0.1) is 6.42 Å². The molecule has 0 atom stereocenters. The summed E-state index contributed by atoms with van der Waals surface area (Å²) in [6.45, 7) is 0.699. The standard InChI is InChI=1S/C17H17N4O/c18-17(22)21-14-8-2-1-5-13(14)11-20(21)15-9-3-6-12-7-4-10-19-16(12)15/h1,3-4,6-7,9-10H,2,5,8,11H2,(H2,18,22). The van der Waals surface area contributed by atoms with Gasteiger partial charge in [0.15, 0.2) is 0 Å². The van der Waals surface area contributed by atoms with Gasteiger partial charge in [0.05, 0.1) is 17.7 Å². The molecule has 1 radical (unpaired) electrons. The number of benzene rings is 1. The van der Waals surface area contributed by atoms with Crippen molar-refractivity contribution >= 4 is 22.6 Å². The van der Waals surface area contributed by atoms with Crippen LogP contribution in [0.5, 0.6) is 0 Å². The Bertz CT molecular complexity index is 778. The van der Waals surface area contributed by atoms with Gasteiger partial charge in [-0.2, -0.15) is 0 Å². The number of primary amides is 1. The van der Waals surface area contributed by atoms with Crippen molar-refractivity contribution in [3.63, 3.8) is 0 Å². The van der Waals surface area contributed by atoms with Crippen LogP contribution >= 0.6 is 0 Å². The van der Waals surface area contributed by atoms with Crippen LogP contribution in [0.1, 0.15) is 19.3 Å². The largest absolute Gasteiger partial charge is 0.350 e. The van der Waals surface area contributed by atoms with E-state index < -0.39 is 6.03 Å². The second-order valence-corrected chi connectivity index (χ2v) is 5.64. The number of para-hydroxylation sites is 1. The van der Waals surface area contributed by atoms with E-state index in [2.05, 4.69) is 11.4 Å². The van der Waals surface area contributed by atoms with E-state index in [4.69, 9.17) is 5.73 Å². The number of nitrogens with two attached hydrogens (primary N) is 1. The van der Waals surface area contributed by atoms with E-state index in [9.17, 15) is 4.79 Å². The van der Waals surface area contributed by atoms with Gasteiger partial charge in [-0.25, -0.2) is 9.80 Å². The molecule has 111 valence electrons. The molecule has 2 N–H and O–H groups in total. The molecule has 4 rings (SSSR count). The molecule has 2 aliphatic rings. The van der Waals surface area contributed by atoms with Crippen molar-refractivity contribution in [1.29, 1.82) is 0 Å². The van der Waals surface area contributed by atoms with Crippen molar-refractivity contribution < 1.29 is 4.79 Å². The lowest BCUT2D eigenvalue weighted by Gasteiger charge is -2.31. The lowest BCUT2D eigenvalue weighted by atomic mass is 9.97. The number of allylic oxidation sites excluding steroid dienone is 1. The molecule has 22 heavy (non-hydrogen) atoms. The SMILES string of the molecule is NC(=O)N1C2=C(C[CH]CC2)CN1c1cccc2cccnc12. The highest BCUT2D eigenvalue weighted by Gasteiger charge is 2.35. The third-order valence-corrected chi connectivity index (χ3v) is 4.32. The molecule has 0 saturated carbocycles. The van der Waals surface area contributed by atoms with E-state index in [0.29, 0.717) is 6.54 Å². The average Bonchev–Trinajstić information content (AvgIpc) is 2.93. The average molecular weight is 293 g/mol. The molecule has 0 fully saturated rings. The third kappa shape index (κ3) is 1.93. The molecular weight excluding hydrogens is 276 g/mol. The van der Waals surface area contributed by atoms with Gasteiger partial charge in [-0.1, -0.05) is 18.2 Å². The summed E-state index contributed by atoms with van der Waals surface area (Å²) in [6.07, 6.45) is 6.82. The Kier molecular flexibility index (Phi) is 2.99. The molecule has 0 unspecified atom stereocenters. The normalized spacial score (nSPS) is 18.0. The monoisotopic (exact) mass is 293 g/mol. The zero-order valence-corrected chi connectivity index (χ0v) is 12.2. The number of fused-ring (bicyclic) bond motifs is 1. The van der Waals surface area contributed by atoms with Crippen molar-refractivity contribution in [3.05, 3.63) is 54.2 Å². The number of urea groups is 1. The maximum absolute atomic E-state index is 12.0. The molecule has 1 aromatic heterocycles. The predicted molar refractivity (Wildman–Crippen MR) is 85.7 cm³/mol. The molecule has 1 aromatic carbocycles. The second-order valence-electron chi connectivity index (χ2n) is 5.64. The summed E-state index contributed by atoms with van der Waals surface area (Å²) in [4.78, 5) is 16.5. The van der Waals surface area contributed by atoms with Gasteiger partial charge < -0.3 is 5.73 Å². The van der Waals surface area contributed by atoms with Crippen LogP contribution in [0.2, 0.25) is 0 Å². The van der Waals surface area contributed by atoms with Crippen molar-refractivity contribution in [2.45, 2.75) is 19.3 Å². The highest BCUT2D eigenvalue weighted by molar-refractivity contribution is 5.92. The summed E-state index contributed by atoms with van der Waals surface area (Å²) in [7, 11) is 0. The van der Waals surface area contributed by atoms with Crippen molar-refractivity contribution in [2.24, 2.45) is 5.73 Å². The Morgan fingerprint density at radius 2 is 2.09 bits per heavy atom. The molecule has 5 heteroatoms. The summed E-state index contributed by atoms with van der Waals surface area (Å²) >= 11 is 0. The Balaban J connectivity index is 1.83. The molecule has 2 amide bonds. The Morgan fingerprint density at radius 3 is 2.95 bits per heavy atom. The number of hydrazine groups is 1. The minimum atomic E-state index is -0.431. The Hall–Kier alpha value is -2.56. The third-order valence-electron chi connectivity index (χ3n) is 4.32. The number of aromatic nitrogens is 1. The zero-order chi connectivity index (χ0) is 15.1. The first-order valence-electron chi connectivity index (χ1n) is 7.49. The van der Waals surface area contributed by atoms with Gasteiger partial charge in [0.2, 0.25) is 0 Å². The van der Waals surface area contributed by atoms with E-state index >= 15 is 0 Å². The number of hydrogen-bond donors (Lipinski definition) is 1. The maximum atomic E-state index is 12.0. The molecular formula is C17H17N4O. The first-order valence-corrected chi connectivity index (χ1v) is 7.49. The highest BCUT2D eigenvalue weighted by atomic mass is 16.2. The number of carbonyl (C=O) groups is 1. The Morgan fingerprint density at radius 1 is 1.23 bits per heavy atom. The van der Waals surface area contributed by atoms with Gasteiger partial charge in [0.1, 0.15) is 0 Å². The van der Waals surface area contributed by atoms with Crippen molar-refractivity contribution in [3.8, 4) is 0 Å². The van der Waals surface area contributed by atoms with Crippen LogP contribution in [0.15, 0.2) is 47.8 Å². The predicted octanol–water partition coefficient (Wildman–Crippen LogP) is 2.99. The number of rotatable bonds is 1. The summed E-state index contributed by atoms with van der Waals surface area (Å²) in [5.74, 6) is 0. The molecule has 1 aliphatic carbocycles. The number of carbonyl (C=O) groups excluding carboxylic acids is 1. The van der Waals surface area contributed by atoms with Gasteiger partial charge in [0, 0.05) is 17.3 Å². The second kappa shape index (κ2) is 5.02. The fourth-order valence-electron chi connectivity index (χ4n) is 3.36. The van der Waals surface area contributed by atoms with E-state index in [1.54, 1.807) is 11.2 Å². The van der Waals surface area contributed by atoms with Crippen molar-refractivity contribution in [1.82, 2.24) is 9.99 Å². The molecule has 2 heterocycles. The number of nitrogens with zero attached hydrogens (tertiary/aromatic N) is 3. The molecule has 1 aliphatic heterocycles. The molecule has 2 aromatic rings. The lowest BCUT2D eigenvalue weighted by Crippen LogP contribution is -2.45. The van der Waals surface area contributed by atoms with Crippen LogP contribution in [0.3, 0.4) is 0 Å². The summed E-state index contributed by atoms with van der Waals surface area (Å²) < 4.78 is 0. The smallest absolute Gasteiger partial charge is 0.338 e. The van der Waals surface area contributed by atoms with Crippen LogP contribution < -0.4 is 10.7 Å². The van der Waals surface area contributed by atoms with Gasteiger partial charge >= 0.3 is 6.03 Å². The van der Waals surface area contributed by atoms with Crippen molar-refractivity contribution in [2.75, 3.05) is 11.6 Å². The van der Waals surface area contributed by atoms with E-state index in [1.807, 2.05) is 35.3 Å². The molecule has 0 saturated heterocycles. The van der Waals surface area contributed by atoms with Gasteiger partial charge in [-0.05, 0) is 43.4 Å². The summed E-state index contributed by atoms with van der Waals surface area (Å²) in [5.41, 5.74) is 9.80. The number of anilines is 1. The van der Waals surface area contributed by atoms with Gasteiger partial charge in [0.25, 0.3) is 0 Å².